The summed E-state index contributed by atoms with van der Waals surface area (Å²) >= 11 is 0.903. The van der Waals surface area contributed by atoms with Crippen LogP contribution in [0.4, 0.5) is 10.2 Å². The molecule has 0 fully saturated rings. The third-order valence-corrected chi connectivity index (χ3v) is 6.87. The second-order valence-electron chi connectivity index (χ2n) is 6.06. The molecule has 0 saturated carbocycles. The lowest BCUT2D eigenvalue weighted by Gasteiger charge is -2.09. The van der Waals surface area contributed by atoms with E-state index in [0.29, 0.717) is 16.3 Å². The maximum Gasteiger partial charge on any atom is 0.356 e. The first-order valence-corrected chi connectivity index (χ1v) is 10.8. The minimum atomic E-state index is -4.07. The van der Waals surface area contributed by atoms with Crippen LogP contribution in [0.1, 0.15) is 10.5 Å². The lowest BCUT2D eigenvalue weighted by molar-refractivity contribution is 0.0690. The Bertz CT molecular complexity index is 1320. The average molecular weight is 444 g/mol. The summed E-state index contributed by atoms with van der Waals surface area (Å²) in [5.41, 5.74) is 0.747. The lowest BCUT2D eigenvalue weighted by Crippen LogP contribution is -2.14. The molecule has 2 heterocycles. The van der Waals surface area contributed by atoms with Gasteiger partial charge in [-0.1, -0.05) is 18.2 Å². The molecule has 2 aromatic heterocycles. The standard InChI is InChI=1S/C19H13FN4O4S2/c20-13-8-6-12(7-9-13)18-21-11-17(29-18)30(27,28)23-16-10-15(19(25)26)22-24(16)14-4-2-1-3-5-14/h1-11,23H,(H,25,26). The lowest BCUT2D eigenvalue weighted by atomic mass is 10.2. The zero-order valence-electron chi connectivity index (χ0n) is 15.1. The van der Waals surface area contributed by atoms with E-state index in [0.717, 1.165) is 17.4 Å². The molecule has 0 saturated heterocycles. The number of para-hydroxylation sites is 1. The maximum absolute atomic E-state index is 13.1. The highest BCUT2D eigenvalue weighted by Crippen LogP contribution is 2.30. The van der Waals surface area contributed by atoms with Crippen molar-refractivity contribution in [1.29, 1.82) is 0 Å². The van der Waals surface area contributed by atoms with Gasteiger partial charge in [-0.05, 0) is 36.4 Å². The van der Waals surface area contributed by atoms with E-state index in [1.165, 1.54) is 35.1 Å². The molecule has 0 atom stereocenters. The van der Waals surface area contributed by atoms with Gasteiger partial charge in [0.2, 0.25) is 0 Å². The highest BCUT2D eigenvalue weighted by atomic mass is 32.2. The summed E-state index contributed by atoms with van der Waals surface area (Å²) in [6.45, 7) is 0. The van der Waals surface area contributed by atoms with Gasteiger partial charge in [-0.3, -0.25) is 4.72 Å². The molecule has 0 aliphatic rings. The predicted molar refractivity (Wildman–Crippen MR) is 109 cm³/mol. The highest BCUT2D eigenvalue weighted by Gasteiger charge is 2.23. The number of thiazole rings is 1. The molecule has 0 amide bonds. The van der Waals surface area contributed by atoms with E-state index in [2.05, 4.69) is 14.8 Å². The van der Waals surface area contributed by atoms with Crippen molar-refractivity contribution < 1.29 is 22.7 Å². The van der Waals surface area contributed by atoms with Crippen LogP contribution in [0.2, 0.25) is 0 Å². The summed E-state index contributed by atoms with van der Waals surface area (Å²) in [5.74, 6) is -1.73. The first-order valence-electron chi connectivity index (χ1n) is 8.47. The van der Waals surface area contributed by atoms with Crippen molar-refractivity contribution in [3.8, 4) is 16.3 Å². The number of carbonyl (C=O) groups is 1. The number of anilines is 1. The normalized spacial score (nSPS) is 11.4. The Hall–Kier alpha value is -3.57. The summed E-state index contributed by atoms with van der Waals surface area (Å²) < 4.78 is 42.3. The second-order valence-corrected chi connectivity index (χ2v) is 9.00. The summed E-state index contributed by atoms with van der Waals surface area (Å²) in [5, 5.41) is 13.6. The molecule has 152 valence electrons. The number of sulfonamides is 1. The zero-order chi connectivity index (χ0) is 21.3. The van der Waals surface area contributed by atoms with E-state index in [4.69, 9.17) is 0 Å². The third-order valence-electron chi connectivity index (χ3n) is 4.01. The molecule has 0 radical (unpaired) electrons. The number of hydrogen-bond acceptors (Lipinski definition) is 6. The molecule has 2 N–H and O–H groups in total. The van der Waals surface area contributed by atoms with Gasteiger partial charge in [0.1, 0.15) is 16.6 Å². The Kier molecular flexibility index (Phi) is 5.06. The number of hydrogen-bond donors (Lipinski definition) is 2. The summed E-state index contributed by atoms with van der Waals surface area (Å²) in [6, 6.07) is 15.2. The average Bonchev–Trinajstić information content (AvgIpc) is 3.37. The fraction of sp³-hybridized carbons (Fsp3) is 0. The number of halogens is 1. The largest absolute Gasteiger partial charge is 0.476 e. The Morgan fingerprint density at radius 3 is 2.47 bits per heavy atom. The maximum atomic E-state index is 13.1. The molecule has 8 nitrogen and oxygen atoms in total. The minimum absolute atomic E-state index is 0.0321. The van der Waals surface area contributed by atoms with Gasteiger partial charge in [0.05, 0.1) is 11.9 Å². The zero-order valence-corrected chi connectivity index (χ0v) is 16.7. The van der Waals surface area contributed by atoms with E-state index in [9.17, 15) is 22.7 Å². The van der Waals surface area contributed by atoms with Gasteiger partial charge in [-0.25, -0.2) is 27.3 Å². The molecular formula is C19H13FN4O4S2. The van der Waals surface area contributed by atoms with Crippen LogP contribution in [-0.2, 0) is 10.0 Å². The Balaban J connectivity index is 1.69. The van der Waals surface area contributed by atoms with Gasteiger partial charge in [-0.15, -0.1) is 11.3 Å². The number of rotatable bonds is 6. The van der Waals surface area contributed by atoms with Gasteiger partial charge in [0.25, 0.3) is 10.0 Å². The van der Waals surface area contributed by atoms with Gasteiger partial charge in [0.15, 0.2) is 9.90 Å². The van der Waals surface area contributed by atoms with Gasteiger partial charge in [-0.2, -0.15) is 5.10 Å². The summed E-state index contributed by atoms with van der Waals surface area (Å²) in [6.07, 6.45) is 1.19. The van der Waals surface area contributed by atoms with Crippen LogP contribution in [0.3, 0.4) is 0 Å². The quantitative estimate of drug-likeness (QED) is 0.469. The van der Waals surface area contributed by atoms with E-state index in [-0.39, 0.29) is 15.7 Å². The van der Waals surface area contributed by atoms with Crippen LogP contribution in [0.15, 0.2) is 71.1 Å². The molecule has 0 aliphatic carbocycles. The van der Waals surface area contributed by atoms with Crippen LogP contribution < -0.4 is 4.72 Å². The molecular weight excluding hydrogens is 431 g/mol. The molecule has 2 aromatic carbocycles. The summed E-state index contributed by atoms with van der Waals surface area (Å²) in [7, 11) is -4.07. The van der Waals surface area contributed by atoms with Crippen LogP contribution in [0.5, 0.6) is 0 Å². The van der Waals surface area contributed by atoms with E-state index in [1.54, 1.807) is 30.3 Å². The first-order chi connectivity index (χ1) is 14.3. The number of carboxylic acids is 1. The van der Waals surface area contributed by atoms with E-state index in [1.807, 2.05) is 0 Å². The molecule has 0 aliphatic heterocycles. The van der Waals surface area contributed by atoms with Crippen molar-refractivity contribution in [3.05, 3.63) is 78.4 Å². The van der Waals surface area contributed by atoms with Crippen molar-refractivity contribution in [2.75, 3.05) is 4.72 Å². The molecule has 30 heavy (non-hydrogen) atoms. The fourth-order valence-electron chi connectivity index (χ4n) is 2.62. The van der Waals surface area contributed by atoms with Gasteiger partial charge >= 0.3 is 5.97 Å². The van der Waals surface area contributed by atoms with Crippen molar-refractivity contribution in [2.45, 2.75) is 4.21 Å². The van der Waals surface area contributed by atoms with Gasteiger partial charge in [0, 0.05) is 11.6 Å². The SMILES string of the molecule is O=C(O)c1cc(NS(=O)(=O)c2cnc(-c3ccc(F)cc3)s2)n(-c2ccccc2)n1. The topological polar surface area (TPSA) is 114 Å². The van der Waals surface area contributed by atoms with Crippen molar-refractivity contribution in [1.82, 2.24) is 14.8 Å². The number of nitrogens with one attached hydrogen (secondary N) is 1. The van der Waals surface area contributed by atoms with Crippen LogP contribution in [0.25, 0.3) is 16.3 Å². The van der Waals surface area contributed by atoms with Crippen molar-refractivity contribution in [3.63, 3.8) is 0 Å². The van der Waals surface area contributed by atoms with Crippen molar-refractivity contribution in [2.24, 2.45) is 0 Å². The molecule has 4 aromatic rings. The monoisotopic (exact) mass is 444 g/mol. The van der Waals surface area contributed by atoms with Crippen LogP contribution >= 0.6 is 11.3 Å². The molecule has 0 unspecified atom stereocenters. The second kappa shape index (κ2) is 7.69. The first kappa shape index (κ1) is 19.7. The molecule has 4 rings (SSSR count). The van der Waals surface area contributed by atoms with Crippen LogP contribution in [0, 0.1) is 5.82 Å². The molecule has 11 heteroatoms. The highest BCUT2D eigenvalue weighted by molar-refractivity contribution is 7.94. The number of nitrogens with zero attached hydrogens (tertiary/aromatic N) is 3. The van der Waals surface area contributed by atoms with Crippen LogP contribution in [-0.4, -0.2) is 34.3 Å². The molecule has 0 spiro atoms. The van der Waals surface area contributed by atoms with E-state index >= 15 is 0 Å². The smallest absolute Gasteiger partial charge is 0.356 e. The van der Waals surface area contributed by atoms with Crippen molar-refractivity contribution >= 4 is 33.1 Å². The number of aromatic carboxylic acids is 1. The Morgan fingerprint density at radius 1 is 1.10 bits per heavy atom. The van der Waals surface area contributed by atoms with E-state index < -0.39 is 21.8 Å². The summed E-state index contributed by atoms with van der Waals surface area (Å²) in [4.78, 5) is 15.4. The molecule has 0 bridgehead atoms. The number of benzene rings is 2. The Morgan fingerprint density at radius 2 is 1.80 bits per heavy atom. The third kappa shape index (κ3) is 3.93. The van der Waals surface area contributed by atoms with Gasteiger partial charge < -0.3 is 5.11 Å². The fourth-order valence-corrected chi connectivity index (χ4v) is 4.79. The predicted octanol–water partition coefficient (Wildman–Crippen LogP) is 3.63. The Labute approximate surface area is 174 Å². The number of carboxylic acid groups (broad SMARTS) is 1. The number of aromatic nitrogens is 3. The minimum Gasteiger partial charge on any atom is -0.476 e.